The molecule has 2 N–H and O–H groups in total. The largest absolute Gasteiger partial charge is 0.454 e. The van der Waals surface area contributed by atoms with Crippen LogP contribution in [0, 0.1) is 0 Å². The molecule has 3 rings (SSSR count). The second-order valence-corrected chi connectivity index (χ2v) is 4.59. The van der Waals surface area contributed by atoms with Crippen molar-refractivity contribution < 1.29 is 19.4 Å². The highest BCUT2D eigenvalue weighted by atomic mass is 16.7. The first kappa shape index (κ1) is 13.4. The number of aliphatic imine (C=N–C) groups is 1. The molecule has 0 unspecified atom stereocenters. The van der Waals surface area contributed by atoms with Crippen molar-refractivity contribution in [3.8, 4) is 11.5 Å². The molecule has 0 aromatic heterocycles. The lowest BCUT2D eigenvalue weighted by atomic mass is 10.1. The number of carbonyl (C=O) groups excluding carboxylic acids is 1. The van der Waals surface area contributed by atoms with Gasteiger partial charge in [0.1, 0.15) is 5.70 Å². The molecule has 0 saturated carbocycles. The van der Waals surface area contributed by atoms with Crippen LogP contribution in [0.15, 0.2) is 28.9 Å². The first-order valence-electron chi connectivity index (χ1n) is 6.51. The van der Waals surface area contributed by atoms with Crippen LogP contribution in [0.4, 0.5) is 0 Å². The fraction of sp³-hybridized carbons (Fsp3) is 0.286. The number of hydrogen-bond donors (Lipinski definition) is 2. The minimum Gasteiger partial charge on any atom is -0.454 e. The van der Waals surface area contributed by atoms with Crippen molar-refractivity contribution in [2.24, 2.45) is 4.99 Å². The first-order chi connectivity index (χ1) is 10.2. The Morgan fingerprint density at radius 3 is 3.05 bits per heavy atom. The van der Waals surface area contributed by atoms with Crippen molar-refractivity contribution in [2.75, 3.05) is 27.0 Å². The summed E-state index contributed by atoms with van der Waals surface area (Å²) in [7, 11) is 1.63. The van der Waals surface area contributed by atoms with Crippen molar-refractivity contribution in [3.63, 3.8) is 0 Å². The van der Waals surface area contributed by atoms with E-state index in [0.717, 1.165) is 5.56 Å². The summed E-state index contributed by atoms with van der Waals surface area (Å²) < 4.78 is 10.6. The molecule has 2 aliphatic rings. The van der Waals surface area contributed by atoms with Crippen LogP contribution in [-0.2, 0) is 4.79 Å². The van der Waals surface area contributed by atoms with Gasteiger partial charge in [-0.05, 0) is 23.8 Å². The summed E-state index contributed by atoms with van der Waals surface area (Å²) in [5.74, 6) is 1.62. The van der Waals surface area contributed by atoms with Crippen LogP contribution in [0.5, 0.6) is 11.5 Å². The fourth-order valence-electron chi connectivity index (χ4n) is 2.10. The molecule has 21 heavy (non-hydrogen) atoms. The molecule has 1 saturated heterocycles. The Labute approximate surface area is 121 Å². The van der Waals surface area contributed by atoms with Crippen LogP contribution in [0.1, 0.15) is 5.56 Å². The van der Waals surface area contributed by atoms with Crippen molar-refractivity contribution in [1.29, 1.82) is 0 Å². The zero-order valence-electron chi connectivity index (χ0n) is 11.5. The van der Waals surface area contributed by atoms with Crippen LogP contribution >= 0.6 is 0 Å². The molecule has 7 heteroatoms. The van der Waals surface area contributed by atoms with Crippen LogP contribution in [0.2, 0.25) is 0 Å². The summed E-state index contributed by atoms with van der Waals surface area (Å²) in [5.41, 5.74) is 1.25. The molecular weight excluding hydrogens is 274 g/mol. The van der Waals surface area contributed by atoms with E-state index in [2.05, 4.69) is 10.3 Å². The van der Waals surface area contributed by atoms with Crippen LogP contribution in [-0.4, -0.2) is 48.9 Å². The van der Waals surface area contributed by atoms with E-state index in [4.69, 9.17) is 14.6 Å². The summed E-state index contributed by atoms with van der Waals surface area (Å²) in [4.78, 5) is 17.6. The van der Waals surface area contributed by atoms with Gasteiger partial charge in [-0.2, -0.15) is 0 Å². The monoisotopic (exact) mass is 289 g/mol. The Kier molecular flexibility index (Phi) is 3.49. The topological polar surface area (TPSA) is 83.4 Å². The summed E-state index contributed by atoms with van der Waals surface area (Å²) in [6.07, 6.45) is 1.72. The standard InChI is InChI=1S/C14H15N3O4/c1-17-13(19)10(16-14(17)15-4-5-18)6-9-2-3-11-12(7-9)21-8-20-11/h2-3,6-7,18H,4-5,8H2,1H3,(H,15,16)/b10-6+. The number of carbonyl (C=O) groups is 1. The molecule has 0 spiro atoms. The molecule has 0 atom stereocenters. The lowest BCUT2D eigenvalue weighted by Crippen LogP contribution is -2.28. The Balaban J connectivity index is 1.85. The van der Waals surface area contributed by atoms with Crippen molar-refractivity contribution in [2.45, 2.75) is 0 Å². The highest BCUT2D eigenvalue weighted by molar-refractivity contribution is 6.15. The van der Waals surface area contributed by atoms with Crippen LogP contribution in [0.3, 0.4) is 0 Å². The average molecular weight is 289 g/mol. The number of ether oxygens (including phenoxy) is 2. The number of rotatable bonds is 3. The predicted octanol–water partition coefficient (Wildman–Crippen LogP) is 0.166. The minimum absolute atomic E-state index is 0.0611. The Hall–Kier alpha value is -2.54. The first-order valence-corrected chi connectivity index (χ1v) is 6.51. The van der Waals surface area contributed by atoms with Crippen LogP contribution in [0.25, 0.3) is 6.08 Å². The zero-order valence-corrected chi connectivity index (χ0v) is 11.5. The number of nitrogens with one attached hydrogen (secondary N) is 1. The maximum absolute atomic E-state index is 12.1. The number of likely N-dealkylation sites (N-methyl/N-ethyl adjacent to an activating group) is 1. The second kappa shape index (κ2) is 5.45. The van der Waals surface area contributed by atoms with Gasteiger partial charge in [0, 0.05) is 7.05 Å². The summed E-state index contributed by atoms with van der Waals surface area (Å²) >= 11 is 0. The highest BCUT2D eigenvalue weighted by Gasteiger charge is 2.28. The Morgan fingerprint density at radius 2 is 2.24 bits per heavy atom. The summed E-state index contributed by atoms with van der Waals surface area (Å²) in [6, 6.07) is 5.46. The normalized spacial score (nSPS) is 20.5. The molecule has 0 aliphatic carbocycles. The van der Waals surface area contributed by atoms with E-state index in [9.17, 15) is 4.79 Å². The maximum Gasteiger partial charge on any atom is 0.276 e. The maximum atomic E-state index is 12.1. The summed E-state index contributed by atoms with van der Waals surface area (Å²) in [6.45, 7) is 0.402. The van der Waals surface area contributed by atoms with Gasteiger partial charge in [-0.3, -0.25) is 14.7 Å². The van der Waals surface area contributed by atoms with Crippen molar-refractivity contribution in [1.82, 2.24) is 10.2 Å². The number of nitrogens with zero attached hydrogens (tertiary/aromatic N) is 2. The Bertz CT molecular complexity index is 639. The number of aliphatic hydroxyl groups excluding tert-OH is 1. The molecule has 1 amide bonds. The molecule has 2 aliphatic heterocycles. The number of amides is 1. The molecule has 1 aromatic rings. The molecule has 2 heterocycles. The fourth-order valence-corrected chi connectivity index (χ4v) is 2.10. The van der Waals surface area contributed by atoms with Gasteiger partial charge in [-0.25, -0.2) is 0 Å². The SMILES string of the molecule is CN1C(=O)/C(=C\c2ccc3c(c2)OCO3)NC1=NCCO. The third-order valence-electron chi connectivity index (χ3n) is 3.17. The molecular formula is C14H15N3O4. The van der Waals surface area contributed by atoms with E-state index < -0.39 is 0 Å². The third-order valence-corrected chi connectivity index (χ3v) is 3.17. The Morgan fingerprint density at radius 1 is 1.43 bits per heavy atom. The van der Waals surface area contributed by atoms with E-state index in [1.54, 1.807) is 19.2 Å². The van der Waals surface area contributed by atoms with E-state index in [1.165, 1.54) is 4.90 Å². The number of aliphatic hydroxyl groups is 1. The van der Waals surface area contributed by atoms with E-state index in [1.807, 2.05) is 12.1 Å². The van der Waals surface area contributed by atoms with Gasteiger partial charge in [0.05, 0.1) is 13.2 Å². The van der Waals surface area contributed by atoms with E-state index in [0.29, 0.717) is 23.2 Å². The van der Waals surface area contributed by atoms with Crippen molar-refractivity contribution in [3.05, 3.63) is 29.5 Å². The number of fused-ring (bicyclic) bond motifs is 1. The van der Waals surface area contributed by atoms with Gasteiger partial charge in [0.25, 0.3) is 5.91 Å². The smallest absolute Gasteiger partial charge is 0.276 e. The zero-order chi connectivity index (χ0) is 14.8. The second-order valence-electron chi connectivity index (χ2n) is 4.59. The summed E-state index contributed by atoms with van der Waals surface area (Å²) in [5, 5.41) is 11.7. The van der Waals surface area contributed by atoms with Gasteiger partial charge in [-0.15, -0.1) is 0 Å². The number of hydrogen-bond acceptors (Lipinski definition) is 5. The number of benzene rings is 1. The van der Waals surface area contributed by atoms with E-state index in [-0.39, 0.29) is 25.9 Å². The van der Waals surface area contributed by atoms with Crippen LogP contribution < -0.4 is 14.8 Å². The van der Waals surface area contributed by atoms with Gasteiger partial charge in [-0.1, -0.05) is 6.07 Å². The molecule has 1 aromatic carbocycles. The highest BCUT2D eigenvalue weighted by Crippen LogP contribution is 2.33. The van der Waals surface area contributed by atoms with Gasteiger partial charge in [0.2, 0.25) is 12.8 Å². The van der Waals surface area contributed by atoms with Gasteiger partial charge < -0.3 is 19.9 Å². The average Bonchev–Trinajstić information content (AvgIpc) is 3.05. The minimum atomic E-state index is -0.177. The molecule has 7 nitrogen and oxygen atoms in total. The quantitative estimate of drug-likeness (QED) is 0.775. The van der Waals surface area contributed by atoms with Gasteiger partial charge in [0.15, 0.2) is 11.5 Å². The third kappa shape index (κ3) is 2.55. The number of guanidine groups is 1. The van der Waals surface area contributed by atoms with Crippen molar-refractivity contribution >= 4 is 17.9 Å². The predicted molar refractivity (Wildman–Crippen MR) is 75.8 cm³/mol. The lowest BCUT2D eigenvalue weighted by molar-refractivity contribution is -0.121. The van der Waals surface area contributed by atoms with Gasteiger partial charge >= 0.3 is 0 Å². The molecule has 0 radical (unpaired) electrons. The lowest BCUT2D eigenvalue weighted by Gasteiger charge is -2.06. The molecule has 0 bridgehead atoms. The van der Waals surface area contributed by atoms with E-state index >= 15 is 0 Å². The molecule has 110 valence electrons. The molecule has 1 fully saturated rings.